The summed E-state index contributed by atoms with van der Waals surface area (Å²) in [5.74, 6) is -0.786. The number of benzene rings is 2. The topological polar surface area (TPSA) is 66.5 Å². The molecule has 1 amide bonds. The molecule has 5 nitrogen and oxygen atoms in total. The Kier molecular flexibility index (Phi) is 5.69. The van der Waals surface area contributed by atoms with Crippen molar-refractivity contribution in [2.45, 2.75) is 18.4 Å². The van der Waals surface area contributed by atoms with E-state index in [0.29, 0.717) is 0 Å². The molecule has 2 rings (SSSR count). The zero-order valence-corrected chi connectivity index (χ0v) is 14.3. The third kappa shape index (κ3) is 4.62. The van der Waals surface area contributed by atoms with Crippen LogP contribution in [0.2, 0.25) is 0 Å². The first-order chi connectivity index (χ1) is 11.3. The SMILES string of the molecule is Cc1ccc(S(=O)(=O)N(C)CC(=O)NCc2ccc(F)cc2)cc1. The van der Waals surface area contributed by atoms with E-state index < -0.39 is 15.9 Å². The van der Waals surface area contributed by atoms with Crippen molar-refractivity contribution >= 4 is 15.9 Å². The smallest absolute Gasteiger partial charge is 0.243 e. The lowest BCUT2D eigenvalue weighted by atomic mass is 10.2. The average molecular weight is 350 g/mol. The molecule has 24 heavy (non-hydrogen) atoms. The van der Waals surface area contributed by atoms with Crippen molar-refractivity contribution < 1.29 is 17.6 Å². The minimum Gasteiger partial charge on any atom is -0.351 e. The highest BCUT2D eigenvalue weighted by Gasteiger charge is 2.22. The molecule has 0 fully saturated rings. The summed E-state index contributed by atoms with van der Waals surface area (Å²) in [5.41, 5.74) is 1.68. The van der Waals surface area contributed by atoms with Crippen LogP contribution < -0.4 is 5.32 Å². The van der Waals surface area contributed by atoms with E-state index in [-0.39, 0.29) is 23.8 Å². The number of rotatable bonds is 6. The van der Waals surface area contributed by atoms with Crippen LogP contribution in [0.15, 0.2) is 53.4 Å². The molecule has 0 atom stereocenters. The highest BCUT2D eigenvalue weighted by atomic mass is 32.2. The van der Waals surface area contributed by atoms with Gasteiger partial charge in [-0.3, -0.25) is 4.79 Å². The predicted molar refractivity (Wildman–Crippen MR) is 89.2 cm³/mol. The molecule has 0 aromatic heterocycles. The normalized spacial score (nSPS) is 11.5. The summed E-state index contributed by atoms with van der Waals surface area (Å²) in [6, 6.07) is 12.1. The van der Waals surface area contributed by atoms with Gasteiger partial charge in [-0.1, -0.05) is 29.8 Å². The highest BCUT2D eigenvalue weighted by molar-refractivity contribution is 7.89. The van der Waals surface area contributed by atoms with E-state index in [4.69, 9.17) is 0 Å². The van der Waals surface area contributed by atoms with Gasteiger partial charge >= 0.3 is 0 Å². The van der Waals surface area contributed by atoms with Gasteiger partial charge in [0.2, 0.25) is 15.9 Å². The van der Waals surface area contributed by atoms with E-state index in [1.54, 1.807) is 24.3 Å². The molecular weight excluding hydrogens is 331 g/mol. The number of hydrogen-bond donors (Lipinski definition) is 1. The largest absolute Gasteiger partial charge is 0.351 e. The Labute approximate surface area is 141 Å². The lowest BCUT2D eigenvalue weighted by molar-refractivity contribution is -0.121. The first kappa shape index (κ1) is 18.1. The molecular formula is C17H19FN2O3S. The Morgan fingerprint density at radius 3 is 2.25 bits per heavy atom. The Morgan fingerprint density at radius 2 is 1.67 bits per heavy atom. The third-order valence-electron chi connectivity index (χ3n) is 3.50. The van der Waals surface area contributed by atoms with Gasteiger partial charge in [-0.15, -0.1) is 0 Å². The molecule has 0 saturated carbocycles. The molecule has 0 heterocycles. The van der Waals surface area contributed by atoms with E-state index in [9.17, 15) is 17.6 Å². The molecule has 7 heteroatoms. The van der Waals surface area contributed by atoms with Crippen LogP contribution in [0.4, 0.5) is 4.39 Å². The lowest BCUT2D eigenvalue weighted by Gasteiger charge is -2.17. The number of aryl methyl sites for hydroxylation is 1. The van der Waals surface area contributed by atoms with Crippen molar-refractivity contribution in [2.24, 2.45) is 0 Å². The van der Waals surface area contributed by atoms with Gasteiger partial charge in [0.1, 0.15) is 5.82 Å². The van der Waals surface area contributed by atoms with E-state index in [0.717, 1.165) is 15.4 Å². The summed E-state index contributed by atoms with van der Waals surface area (Å²) in [5, 5.41) is 2.61. The van der Waals surface area contributed by atoms with E-state index >= 15 is 0 Å². The maximum Gasteiger partial charge on any atom is 0.243 e. The number of nitrogens with zero attached hydrogens (tertiary/aromatic N) is 1. The summed E-state index contributed by atoms with van der Waals surface area (Å²) in [6.45, 7) is 1.78. The summed E-state index contributed by atoms with van der Waals surface area (Å²) < 4.78 is 38.6. The zero-order chi connectivity index (χ0) is 17.7. The molecule has 2 aromatic rings. The predicted octanol–water partition coefficient (Wildman–Crippen LogP) is 2.07. The lowest BCUT2D eigenvalue weighted by Crippen LogP contribution is -2.38. The van der Waals surface area contributed by atoms with Crippen LogP contribution in [0.25, 0.3) is 0 Å². The van der Waals surface area contributed by atoms with Crippen LogP contribution in [0, 0.1) is 12.7 Å². The Balaban J connectivity index is 1.95. The Hall–Kier alpha value is -2.25. The summed E-state index contributed by atoms with van der Waals surface area (Å²) in [6.07, 6.45) is 0. The Bertz CT molecular complexity index is 803. The van der Waals surface area contributed by atoms with Gasteiger partial charge in [-0.2, -0.15) is 4.31 Å². The molecule has 0 aliphatic carbocycles. The van der Waals surface area contributed by atoms with E-state index in [2.05, 4.69) is 5.32 Å². The second-order valence-electron chi connectivity index (χ2n) is 5.48. The maximum atomic E-state index is 12.8. The molecule has 0 aliphatic heterocycles. The molecule has 128 valence electrons. The zero-order valence-electron chi connectivity index (χ0n) is 13.5. The number of carbonyl (C=O) groups is 1. The molecule has 2 aromatic carbocycles. The van der Waals surface area contributed by atoms with Gasteiger partial charge in [0.25, 0.3) is 0 Å². The van der Waals surface area contributed by atoms with Crippen LogP contribution in [-0.4, -0.2) is 32.2 Å². The number of carbonyl (C=O) groups excluding carboxylic acids is 1. The number of halogens is 1. The number of amides is 1. The molecule has 1 N–H and O–H groups in total. The monoisotopic (exact) mass is 350 g/mol. The second-order valence-corrected chi connectivity index (χ2v) is 7.52. The first-order valence-electron chi connectivity index (χ1n) is 7.33. The molecule has 0 aliphatic rings. The van der Waals surface area contributed by atoms with Crippen molar-refractivity contribution in [2.75, 3.05) is 13.6 Å². The summed E-state index contributed by atoms with van der Waals surface area (Å²) >= 11 is 0. The second kappa shape index (κ2) is 7.55. The van der Waals surface area contributed by atoms with Crippen molar-refractivity contribution in [1.29, 1.82) is 0 Å². The quantitative estimate of drug-likeness (QED) is 0.867. The fourth-order valence-electron chi connectivity index (χ4n) is 2.04. The number of nitrogens with one attached hydrogen (secondary N) is 1. The molecule has 0 unspecified atom stereocenters. The number of hydrogen-bond acceptors (Lipinski definition) is 3. The van der Waals surface area contributed by atoms with Crippen LogP contribution in [0.5, 0.6) is 0 Å². The molecule has 0 spiro atoms. The van der Waals surface area contributed by atoms with Crippen LogP contribution in [0.1, 0.15) is 11.1 Å². The van der Waals surface area contributed by atoms with Crippen molar-refractivity contribution in [3.63, 3.8) is 0 Å². The van der Waals surface area contributed by atoms with Crippen molar-refractivity contribution in [3.8, 4) is 0 Å². The minimum atomic E-state index is -3.72. The molecule has 0 radical (unpaired) electrons. The average Bonchev–Trinajstić information content (AvgIpc) is 2.54. The fraction of sp³-hybridized carbons (Fsp3) is 0.235. The summed E-state index contributed by atoms with van der Waals surface area (Å²) in [4.78, 5) is 12.1. The van der Waals surface area contributed by atoms with Crippen LogP contribution in [-0.2, 0) is 21.4 Å². The molecule has 0 bridgehead atoms. The highest BCUT2D eigenvalue weighted by Crippen LogP contribution is 2.14. The van der Waals surface area contributed by atoms with Gasteiger partial charge in [-0.25, -0.2) is 12.8 Å². The Morgan fingerprint density at radius 1 is 1.08 bits per heavy atom. The first-order valence-corrected chi connectivity index (χ1v) is 8.77. The number of sulfonamides is 1. The molecule has 0 saturated heterocycles. The summed E-state index contributed by atoms with van der Waals surface area (Å²) in [7, 11) is -2.36. The van der Waals surface area contributed by atoms with E-state index in [1.165, 1.54) is 31.3 Å². The maximum absolute atomic E-state index is 12.8. The van der Waals surface area contributed by atoms with Crippen LogP contribution in [0.3, 0.4) is 0 Å². The van der Waals surface area contributed by atoms with Crippen LogP contribution >= 0.6 is 0 Å². The van der Waals surface area contributed by atoms with Gasteiger partial charge in [0.15, 0.2) is 0 Å². The third-order valence-corrected chi connectivity index (χ3v) is 5.32. The van der Waals surface area contributed by atoms with Gasteiger partial charge in [-0.05, 0) is 36.8 Å². The van der Waals surface area contributed by atoms with Crippen molar-refractivity contribution in [3.05, 3.63) is 65.5 Å². The van der Waals surface area contributed by atoms with Gasteiger partial charge in [0, 0.05) is 13.6 Å². The fourth-order valence-corrected chi connectivity index (χ4v) is 3.16. The van der Waals surface area contributed by atoms with E-state index in [1.807, 2.05) is 6.92 Å². The number of likely N-dealkylation sites (N-methyl/N-ethyl adjacent to an activating group) is 1. The van der Waals surface area contributed by atoms with Gasteiger partial charge < -0.3 is 5.32 Å². The van der Waals surface area contributed by atoms with Crippen molar-refractivity contribution in [1.82, 2.24) is 9.62 Å². The standard InChI is InChI=1S/C17H19FN2O3S/c1-13-3-9-16(10-4-13)24(22,23)20(2)12-17(21)19-11-14-5-7-15(18)8-6-14/h3-10H,11-12H2,1-2H3,(H,19,21). The van der Waals surface area contributed by atoms with Gasteiger partial charge in [0.05, 0.1) is 11.4 Å². The minimum absolute atomic E-state index is 0.141.